The first-order valence-electron chi connectivity index (χ1n) is 12.1. The summed E-state index contributed by atoms with van der Waals surface area (Å²) in [5, 5.41) is 3.63. The second-order valence-corrected chi connectivity index (χ2v) is 9.78. The molecule has 1 fully saturated rings. The van der Waals surface area contributed by atoms with Gasteiger partial charge in [-0.1, -0.05) is 30.5 Å². The van der Waals surface area contributed by atoms with Gasteiger partial charge in [-0.2, -0.15) is 0 Å². The van der Waals surface area contributed by atoms with Crippen molar-refractivity contribution in [3.05, 3.63) is 63.5 Å². The summed E-state index contributed by atoms with van der Waals surface area (Å²) in [4.78, 5) is 39.6. The molecule has 3 heterocycles. The molecule has 34 heavy (non-hydrogen) atoms. The number of carbonyl (C=O) groups excluding carboxylic acids is 2. The predicted octanol–water partition coefficient (Wildman–Crippen LogP) is 3.88. The van der Waals surface area contributed by atoms with Gasteiger partial charge < -0.3 is 19.5 Å². The van der Waals surface area contributed by atoms with Crippen molar-refractivity contribution in [1.29, 1.82) is 0 Å². The summed E-state index contributed by atoms with van der Waals surface area (Å²) in [6, 6.07) is 10.2. The quantitative estimate of drug-likeness (QED) is 0.715. The van der Waals surface area contributed by atoms with Crippen molar-refractivity contribution in [2.75, 3.05) is 26.2 Å². The third-order valence-corrected chi connectivity index (χ3v) is 7.30. The number of likely N-dealkylation sites (tertiary alicyclic amines) is 1. The molecule has 2 aliphatic heterocycles. The van der Waals surface area contributed by atoms with Crippen LogP contribution in [0.5, 0.6) is 5.75 Å². The number of ether oxygens (including phenoxy) is 1. The zero-order valence-electron chi connectivity index (χ0n) is 19.4. The predicted molar refractivity (Wildman–Crippen MR) is 131 cm³/mol. The molecule has 0 saturated carbocycles. The summed E-state index contributed by atoms with van der Waals surface area (Å²) in [7, 11) is 0. The van der Waals surface area contributed by atoms with E-state index >= 15 is 0 Å². The Bertz CT molecular complexity index is 1080. The lowest BCUT2D eigenvalue weighted by Crippen LogP contribution is -2.48. The van der Waals surface area contributed by atoms with Gasteiger partial charge in [0.25, 0.3) is 11.5 Å². The number of halogens is 1. The fourth-order valence-electron chi connectivity index (χ4n) is 4.89. The number of benzene rings is 1. The van der Waals surface area contributed by atoms with E-state index in [9.17, 15) is 14.4 Å². The normalized spacial score (nSPS) is 18.7. The largest absolute Gasteiger partial charge is 0.493 e. The Balaban J connectivity index is 1.38. The Labute approximate surface area is 205 Å². The number of aromatic nitrogens is 1. The second kappa shape index (κ2) is 11.1. The molecule has 1 N–H and O–H groups in total. The summed E-state index contributed by atoms with van der Waals surface area (Å²) in [5.41, 5.74) is 0.346. The highest BCUT2D eigenvalue weighted by molar-refractivity contribution is 6.31. The van der Waals surface area contributed by atoms with Crippen LogP contribution in [0.2, 0.25) is 5.02 Å². The molecule has 2 aromatic rings. The number of nitrogens with zero attached hydrogens (tertiary/aromatic N) is 2. The molecule has 4 rings (SSSR count). The number of hydrogen-bond donors (Lipinski definition) is 1. The molecule has 1 aromatic carbocycles. The summed E-state index contributed by atoms with van der Waals surface area (Å²) in [6.07, 6.45) is 7.80. The molecule has 0 radical (unpaired) electrons. The molecule has 1 spiro atoms. The number of rotatable bonds is 3. The number of fused-ring (bicyclic) bond motifs is 1. The van der Waals surface area contributed by atoms with Gasteiger partial charge in [-0.05, 0) is 55.4 Å². The van der Waals surface area contributed by atoms with E-state index in [-0.39, 0.29) is 22.8 Å². The van der Waals surface area contributed by atoms with Crippen molar-refractivity contribution in [1.82, 2.24) is 14.8 Å². The van der Waals surface area contributed by atoms with Gasteiger partial charge in [0, 0.05) is 49.9 Å². The SMILES string of the molecule is O=C1NCC2(CCCCCOc3ccc(Cl)cc31)CCN(C(=O)CCn1ccccc1=O)CC2. The maximum absolute atomic E-state index is 13.0. The fraction of sp³-hybridized carbons (Fsp3) is 0.500. The summed E-state index contributed by atoms with van der Waals surface area (Å²) in [6.45, 7) is 2.87. The minimum absolute atomic E-state index is 0.0262. The van der Waals surface area contributed by atoms with Gasteiger partial charge in [-0.15, -0.1) is 0 Å². The monoisotopic (exact) mass is 485 g/mol. The van der Waals surface area contributed by atoms with Crippen LogP contribution >= 0.6 is 11.6 Å². The number of nitrogens with one attached hydrogen (secondary N) is 1. The molecular formula is C26H32ClN3O4. The summed E-state index contributed by atoms with van der Waals surface area (Å²) < 4.78 is 7.41. The molecule has 0 atom stereocenters. The van der Waals surface area contributed by atoms with Gasteiger partial charge in [0.15, 0.2) is 0 Å². The molecule has 2 aliphatic rings. The third-order valence-electron chi connectivity index (χ3n) is 7.06. The first-order chi connectivity index (χ1) is 16.5. The highest BCUT2D eigenvalue weighted by Gasteiger charge is 2.36. The van der Waals surface area contributed by atoms with Crippen LogP contribution < -0.4 is 15.6 Å². The van der Waals surface area contributed by atoms with Crippen molar-refractivity contribution in [3.8, 4) is 5.75 Å². The molecule has 2 amide bonds. The summed E-state index contributed by atoms with van der Waals surface area (Å²) >= 11 is 6.14. The van der Waals surface area contributed by atoms with E-state index in [0.29, 0.717) is 55.5 Å². The molecule has 182 valence electrons. The lowest BCUT2D eigenvalue weighted by molar-refractivity contribution is -0.133. The maximum atomic E-state index is 13.0. The molecule has 1 saturated heterocycles. The number of carbonyl (C=O) groups is 2. The Morgan fingerprint density at radius 1 is 1.06 bits per heavy atom. The Hall–Kier alpha value is -2.80. The van der Waals surface area contributed by atoms with Gasteiger partial charge in [0.1, 0.15) is 5.75 Å². The van der Waals surface area contributed by atoms with Crippen LogP contribution in [0.1, 0.15) is 55.3 Å². The lowest BCUT2D eigenvalue weighted by Gasteiger charge is -2.42. The molecule has 0 aliphatic carbocycles. The maximum Gasteiger partial charge on any atom is 0.255 e. The molecule has 7 nitrogen and oxygen atoms in total. The molecule has 8 heteroatoms. The van der Waals surface area contributed by atoms with Crippen LogP contribution in [0.4, 0.5) is 0 Å². The van der Waals surface area contributed by atoms with E-state index in [1.807, 2.05) is 4.90 Å². The average Bonchev–Trinajstić information content (AvgIpc) is 2.84. The first-order valence-corrected chi connectivity index (χ1v) is 12.5. The molecular weight excluding hydrogens is 454 g/mol. The Morgan fingerprint density at radius 2 is 1.88 bits per heavy atom. The van der Waals surface area contributed by atoms with Crippen molar-refractivity contribution in [3.63, 3.8) is 0 Å². The van der Waals surface area contributed by atoms with E-state index in [1.165, 1.54) is 6.07 Å². The topological polar surface area (TPSA) is 80.6 Å². The zero-order valence-corrected chi connectivity index (χ0v) is 20.2. The number of piperidine rings is 1. The minimum atomic E-state index is -0.177. The van der Waals surface area contributed by atoms with Crippen LogP contribution in [-0.4, -0.2) is 47.5 Å². The van der Waals surface area contributed by atoms with Gasteiger partial charge in [0.05, 0.1) is 12.2 Å². The van der Waals surface area contributed by atoms with Gasteiger partial charge >= 0.3 is 0 Å². The van der Waals surface area contributed by atoms with Crippen LogP contribution in [0.15, 0.2) is 47.4 Å². The van der Waals surface area contributed by atoms with Gasteiger partial charge in [-0.3, -0.25) is 14.4 Å². The second-order valence-electron chi connectivity index (χ2n) is 9.35. The van der Waals surface area contributed by atoms with Crippen LogP contribution in [0.25, 0.3) is 0 Å². The summed E-state index contributed by atoms with van der Waals surface area (Å²) in [5.74, 6) is 0.460. The van der Waals surface area contributed by atoms with Crippen molar-refractivity contribution in [2.24, 2.45) is 5.41 Å². The van der Waals surface area contributed by atoms with Gasteiger partial charge in [-0.25, -0.2) is 0 Å². The van der Waals surface area contributed by atoms with E-state index in [1.54, 1.807) is 41.1 Å². The van der Waals surface area contributed by atoms with E-state index in [2.05, 4.69) is 5.32 Å². The molecule has 0 unspecified atom stereocenters. The number of aryl methyl sites for hydroxylation is 1. The number of hydrogen-bond acceptors (Lipinski definition) is 4. The van der Waals surface area contributed by atoms with Crippen LogP contribution in [-0.2, 0) is 11.3 Å². The first kappa shape index (κ1) is 24.3. The van der Waals surface area contributed by atoms with Crippen molar-refractivity contribution >= 4 is 23.4 Å². The highest BCUT2D eigenvalue weighted by Crippen LogP contribution is 2.37. The molecule has 1 aromatic heterocycles. The van der Waals surface area contributed by atoms with E-state index in [0.717, 1.165) is 38.5 Å². The standard InChI is InChI=1S/C26H32ClN3O4/c27-20-7-8-22-21(18-20)25(33)28-19-26(10-3-1-5-17-34-22)11-15-30(16-12-26)24(32)9-14-29-13-4-2-6-23(29)31/h2,4,6-8,13,18H,1,3,5,9-12,14-17,19H2,(H,28,33). The number of pyridine rings is 1. The van der Waals surface area contributed by atoms with Crippen LogP contribution in [0, 0.1) is 5.41 Å². The van der Waals surface area contributed by atoms with E-state index in [4.69, 9.17) is 16.3 Å². The minimum Gasteiger partial charge on any atom is -0.493 e. The smallest absolute Gasteiger partial charge is 0.255 e. The van der Waals surface area contributed by atoms with Gasteiger partial charge in [0.2, 0.25) is 5.91 Å². The average molecular weight is 486 g/mol. The van der Waals surface area contributed by atoms with Crippen LogP contribution in [0.3, 0.4) is 0 Å². The Morgan fingerprint density at radius 3 is 2.68 bits per heavy atom. The number of amides is 2. The zero-order chi connectivity index (χ0) is 24.0. The van der Waals surface area contributed by atoms with Crippen molar-refractivity contribution < 1.29 is 14.3 Å². The van der Waals surface area contributed by atoms with E-state index < -0.39 is 0 Å². The highest BCUT2D eigenvalue weighted by atomic mass is 35.5. The fourth-order valence-corrected chi connectivity index (χ4v) is 5.07. The lowest BCUT2D eigenvalue weighted by atomic mass is 9.74. The Kier molecular flexibility index (Phi) is 7.93. The molecule has 0 bridgehead atoms. The van der Waals surface area contributed by atoms with Crippen molar-refractivity contribution in [2.45, 2.75) is 51.5 Å². The third kappa shape index (κ3) is 6.00.